The summed E-state index contributed by atoms with van der Waals surface area (Å²) in [5.41, 5.74) is 4.08. The normalized spacial score (nSPS) is 19.9. The van der Waals surface area contributed by atoms with Gasteiger partial charge in [0.15, 0.2) is 0 Å². The van der Waals surface area contributed by atoms with Crippen molar-refractivity contribution in [3.8, 4) is 0 Å². The van der Waals surface area contributed by atoms with Gasteiger partial charge in [0.05, 0.1) is 6.10 Å². The zero-order chi connectivity index (χ0) is 13.8. The molecule has 0 amide bonds. The molecule has 0 saturated carbocycles. The number of hydrogen-bond donors (Lipinski definition) is 1. The summed E-state index contributed by atoms with van der Waals surface area (Å²) in [6, 6.07) is 19.3. The molecule has 0 bridgehead atoms. The average Bonchev–Trinajstić information content (AvgIpc) is 2.72. The van der Waals surface area contributed by atoms with Crippen LogP contribution in [-0.4, -0.2) is 13.7 Å². The minimum Gasteiger partial charge on any atom is -0.376 e. The van der Waals surface area contributed by atoms with Crippen LogP contribution in [0.25, 0.3) is 0 Å². The van der Waals surface area contributed by atoms with E-state index in [2.05, 4.69) is 59.9 Å². The molecule has 2 aromatic carbocycles. The predicted molar refractivity (Wildman–Crippen MR) is 81.7 cm³/mol. The highest BCUT2D eigenvalue weighted by atomic mass is 16.5. The third-order valence-corrected chi connectivity index (χ3v) is 4.15. The van der Waals surface area contributed by atoms with Gasteiger partial charge in [-0.25, -0.2) is 0 Å². The molecule has 2 aromatic rings. The van der Waals surface area contributed by atoms with Gasteiger partial charge in [-0.1, -0.05) is 54.6 Å². The monoisotopic (exact) mass is 267 g/mol. The zero-order valence-electron chi connectivity index (χ0n) is 11.9. The Hall–Kier alpha value is -1.64. The summed E-state index contributed by atoms with van der Waals surface area (Å²) >= 11 is 0. The molecule has 0 fully saturated rings. The van der Waals surface area contributed by atoms with E-state index in [9.17, 15) is 0 Å². The van der Waals surface area contributed by atoms with E-state index < -0.39 is 0 Å². The maximum absolute atomic E-state index is 5.86. The van der Waals surface area contributed by atoms with Crippen LogP contribution in [0.3, 0.4) is 0 Å². The van der Waals surface area contributed by atoms with E-state index in [1.807, 2.05) is 7.11 Å². The van der Waals surface area contributed by atoms with Crippen molar-refractivity contribution in [3.63, 3.8) is 0 Å². The standard InChI is InChI=1S/C18H21NO/c1-20-18(14-7-3-2-4-8-14)17-11-12-19-13-15-9-5-6-10-16(15)17/h2-10,17-19H,11-13H2,1H3/t17-,18+/m0/s1. The van der Waals surface area contributed by atoms with Crippen LogP contribution in [-0.2, 0) is 11.3 Å². The lowest BCUT2D eigenvalue weighted by atomic mass is 9.85. The Morgan fingerprint density at radius 2 is 1.80 bits per heavy atom. The maximum atomic E-state index is 5.86. The van der Waals surface area contributed by atoms with Gasteiger partial charge in [0.1, 0.15) is 0 Å². The van der Waals surface area contributed by atoms with Crippen LogP contribution in [0, 0.1) is 0 Å². The van der Waals surface area contributed by atoms with Crippen LogP contribution in [0.5, 0.6) is 0 Å². The number of benzene rings is 2. The molecular formula is C18H21NO. The highest BCUT2D eigenvalue weighted by Crippen LogP contribution is 2.38. The Bertz CT molecular complexity index is 552. The van der Waals surface area contributed by atoms with Gasteiger partial charge in [-0.3, -0.25) is 0 Å². The molecule has 0 unspecified atom stereocenters. The minimum atomic E-state index is 0.122. The molecule has 2 atom stereocenters. The molecule has 1 aliphatic heterocycles. The Morgan fingerprint density at radius 1 is 1.05 bits per heavy atom. The van der Waals surface area contributed by atoms with E-state index in [1.54, 1.807) is 0 Å². The smallest absolute Gasteiger partial charge is 0.0890 e. The highest BCUT2D eigenvalue weighted by molar-refractivity contribution is 5.34. The van der Waals surface area contributed by atoms with Gasteiger partial charge in [-0.2, -0.15) is 0 Å². The second-order valence-corrected chi connectivity index (χ2v) is 5.34. The fourth-order valence-corrected chi connectivity index (χ4v) is 3.18. The van der Waals surface area contributed by atoms with Crippen LogP contribution < -0.4 is 5.32 Å². The molecule has 0 radical (unpaired) electrons. The van der Waals surface area contributed by atoms with Gasteiger partial charge >= 0.3 is 0 Å². The Balaban J connectivity index is 1.99. The maximum Gasteiger partial charge on any atom is 0.0890 e. The van der Waals surface area contributed by atoms with Crippen molar-refractivity contribution < 1.29 is 4.74 Å². The minimum absolute atomic E-state index is 0.122. The number of methoxy groups -OCH3 is 1. The SMILES string of the molecule is CO[C@H](c1ccccc1)[C@H]1CCNCc2ccccc21. The summed E-state index contributed by atoms with van der Waals surface area (Å²) in [6.45, 7) is 1.99. The van der Waals surface area contributed by atoms with E-state index >= 15 is 0 Å². The van der Waals surface area contributed by atoms with Crippen LogP contribution in [0.4, 0.5) is 0 Å². The van der Waals surface area contributed by atoms with Crippen LogP contribution in [0.15, 0.2) is 54.6 Å². The molecule has 1 aliphatic rings. The van der Waals surface area contributed by atoms with Gasteiger partial charge in [0.2, 0.25) is 0 Å². The van der Waals surface area contributed by atoms with E-state index in [-0.39, 0.29) is 6.10 Å². The lowest BCUT2D eigenvalue weighted by molar-refractivity contribution is 0.0763. The van der Waals surface area contributed by atoms with Crippen molar-refractivity contribution in [2.24, 2.45) is 0 Å². The molecule has 0 aromatic heterocycles. The number of hydrogen-bond acceptors (Lipinski definition) is 2. The molecule has 20 heavy (non-hydrogen) atoms. The van der Waals surface area contributed by atoms with E-state index in [4.69, 9.17) is 4.74 Å². The molecule has 1 N–H and O–H groups in total. The molecular weight excluding hydrogens is 246 g/mol. The van der Waals surface area contributed by atoms with Crippen molar-refractivity contribution in [2.75, 3.05) is 13.7 Å². The van der Waals surface area contributed by atoms with Gasteiger partial charge in [-0.15, -0.1) is 0 Å². The van der Waals surface area contributed by atoms with E-state index in [1.165, 1.54) is 16.7 Å². The van der Waals surface area contributed by atoms with Crippen molar-refractivity contribution in [3.05, 3.63) is 71.3 Å². The van der Waals surface area contributed by atoms with Crippen molar-refractivity contribution in [2.45, 2.75) is 25.0 Å². The third kappa shape index (κ3) is 2.62. The van der Waals surface area contributed by atoms with E-state index in [0.29, 0.717) is 5.92 Å². The molecule has 1 heterocycles. The molecule has 0 saturated heterocycles. The quantitative estimate of drug-likeness (QED) is 0.916. The number of ether oxygens (including phenoxy) is 1. The second-order valence-electron chi connectivity index (χ2n) is 5.34. The number of rotatable bonds is 3. The van der Waals surface area contributed by atoms with Crippen LogP contribution in [0.2, 0.25) is 0 Å². The molecule has 104 valence electrons. The number of fused-ring (bicyclic) bond motifs is 1. The Labute approximate surface area is 120 Å². The fraction of sp³-hybridized carbons (Fsp3) is 0.333. The first kappa shape index (κ1) is 13.3. The second kappa shape index (κ2) is 6.21. The molecule has 3 rings (SSSR count). The Morgan fingerprint density at radius 3 is 2.60 bits per heavy atom. The van der Waals surface area contributed by atoms with E-state index in [0.717, 1.165) is 19.5 Å². The predicted octanol–water partition coefficient (Wildman–Crippen LogP) is 3.65. The topological polar surface area (TPSA) is 21.3 Å². The van der Waals surface area contributed by atoms with Crippen molar-refractivity contribution in [1.29, 1.82) is 0 Å². The van der Waals surface area contributed by atoms with Crippen LogP contribution >= 0.6 is 0 Å². The van der Waals surface area contributed by atoms with Crippen molar-refractivity contribution in [1.82, 2.24) is 5.32 Å². The summed E-state index contributed by atoms with van der Waals surface area (Å²) in [4.78, 5) is 0. The molecule has 0 aliphatic carbocycles. The van der Waals surface area contributed by atoms with Crippen LogP contribution in [0.1, 0.15) is 35.1 Å². The first-order chi connectivity index (χ1) is 9.90. The molecule has 2 nitrogen and oxygen atoms in total. The summed E-state index contributed by atoms with van der Waals surface area (Å²) in [5.74, 6) is 0.411. The fourth-order valence-electron chi connectivity index (χ4n) is 3.18. The molecule has 0 spiro atoms. The Kier molecular flexibility index (Phi) is 4.14. The summed E-state index contributed by atoms with van der Waals surface area (Å²) in [5, 5.41) is 3.51. The lowest BCUT2D eigenvalue weighted by Crippen LogP contribution is -2.16. The van der Waals surface area contributed by atoms with Gasteiger partial charge in [-0.05, 0) is 29.7 Å². The average molecular weight is 267 g/mol. The van der Waals surface area contributed by atoms with Gasteiger partial charge in [0.25, 0.3) is 0 Å². The molecule has 2 heteroatoms. The zero-order valence-corrected chi connectivity index (χ0v) is 11.9. The first-order valence-electron chi connectivity index (χ1n) is 7.26. The lowest BCUT2D eigenvalue weighted by Gasteiger charge is -2.27. The van der Waals surface area contributed by atoms with Gasteiger partial charge in [0, 0.05) is 19.6 Å². The summed E-state index contributed by atoms with van der Waals surface area (Å²) in [6.07, 6.45) is 1.22. The summed E-state index contributed by atoms with van der Waals surface area (Å²) < 4.78 is 5.86. The van der Waals surface area contributed by atoms with Gasteiger partial charge < -0.3 is 10.1 Å². The largest absolute Gasteiger partial charge is 0.376 e. The van der Waals surface area contributed by atoms with Crippen molar-refractivity contribution >= 4 is 0 Å². The number of nitrogens with one attached hydrogen (secondary N) is 1. The first-order valence-corrected chi connectivity index (χ1v) is 7.26. The highest BCUT2D eigenvalue weighted by Gasteiger charge is 2.27. The third-order valence-electron chi connectivity index (χ3n) is 4.15. The summed E-state index contributed by atoms with van der Waals surface area (Å²) in [7, 11) is 1.82.